The van der Waals surface area contributed by atoms with Crippen molar-refractivity contribution in [3.8, 4) is 11.5 Å². The van der Waals surface area contributed by atoms with E-state index in [1.807, 2.05) is 19.1 Å². The number of carbonyl (C=O) groups is 1. The van der Waals surface area contributed by atoms with Crippen LogP contribution in [0.5, 0.6) is 11.5 Å². The predicted molar refractivity (Wildman–Crippen MR) is 99.2 cm³/mol. The molecule has 26 heavy (non-hydrogen) atoms. The molecule has 2 rings (SSSR count). The molecule has 0 fully saturated rings. The lowest BCUT2D eigenvalue weighted by Crippen LogP contribution is -2.32. The molecule has 0 atom stereocenters. The molecular formula is C16H22BrN5O4. The van der Waals surface area contributed by atoms with Gasteiger partial charge in [0.05, 0.1) is 13.7 Å². The Labute approximate surface area is 159 Å². The number of nitrogens with zero attached hydrogens (tertiary/aromatic N) is 2. The second-order valence-corrected chi connectivity index (χ2v) is 6.23. The summed E-state index contributed by atoms with van der Waals surface area (Å²) >= 11 is 3.54. The maximum atomic E-state index is 11.8. The summed E-state index contributed by atoms with van der Waals surface area (Å²) in [4.78, 5) is 11.8. The lowest BCUT2D eigenvalue weighted by atomic mass is 10.2. The average molecular weight is 428 g/mol. The second-order valence-electron chi connectivity index (χ2n) is 5.37. The van der Waals surface area contributed by atoms with E-state index < -0.39 is 5.91 Å². The first-order chi connectivity index (χ1) is 12.6. The predicted octanol–water partition coefficient (Wildman–Crippen LogP) is 1.73. The average Bonchev–Trinajstić information content (AvgIpc) is 3.06. The first-order valence-electron chi connectivity index (χ1n) is 8.13. The van der Waals surface area contributed by atoms with Crippen molar-refractivity contribution in [2.75, 3.05) is 32.5 Å². The van der Waals surface area contributed by atoms with Gasteiger partial charge in [-0.2, -0.15) is 0 Å². The van der Waals surface area contributed by atoms with Gasteiger partial charge in [-0.15, -0.1) is 0 Å². The molecule has 1 aromatic heterocycles. The van der Waals surface area contributed by atoms with E-state index in [0.29, 0.717) is 37.7 Å². The highest BCUT2D eigenvalue weighted by molar-refractivity contribution is 9.10. The van der Waals surface area contributed by atoms with Crippen molar-refractivity contribution in [3.05, 3.63) is 27.9 Å². The van der Waals surface area contributed by atoms with Crippen LogP contribution < -0.4 is 25.8 Å². The molecule has 2 aromatic rings. The molecule has 0 saturated heterocycles. The fourth-order valence-corrected chi connectivity index (χ4v) is 2.58. The van der Waals surface area contributed by atoms with Crippen LogP contribution in [0.1, 0.15) is 29.4 Å². The van der Waals surface area contributed by atoms with Crippen LogP contribution in [-0.2, 0) is 6.54 Å². The molecule has 9 nitrogen and oxygen atoms in total. The van der Waals surface area contributed by atoms with Crippen molar-refractivity contribution in [2.24, 2.45) is 0 Å². The smallest absolute Gasteiger partial charge is 0.277 e. The minimum Gasteiger partial charge on any atom is -0.493 e. The zero-order valence-electron chi connectivity index (χ0n) is 14.7. The first-order valence-corrected chi connectivity index (χ1v) is 8.92. The van der Waals surface area contributed by atoms with E-state index in [0.717, 1.165) is 16.5 Å². The molecule has 142 valence electrons. The van der Waals surface area contributed by atoms with Crippen LogP contribution in [0.4, 0.5) is 5.82 Å². The van der Waals surface area contributed by atoms with Crippen molar-refractivity contribution in [1.29, 1.82) is 0 Å². The maximum absolute atomic E-state index is 11.8. The van der Waals surface area contributed by atoms with Gasteiger partial charge >= 0.3 is 0 Å². The number of carbonyl (C=O) groups excluding carboxylic acids is 1. The van der Waals surface area contributed by atoms with Gasteiger partial charge in [0, 0.05) is 24.1 Å². The Kier molecular flexibility index (Phi) is 7.67. The fraction of sp³-hybridized carbons (Fsp3) is 0.438. The van der Waals surface area contributed by atoms with E-state index in [9.17, 15) is 4.79 Å². The number of nitrogen functional groups attached to an aromatic ring is 1. The number of amides is 1. The molecule has 1 heterocycles. The normalized spacial score (nSPS) is 10.6. The molecular weight excluding hydrogens is 406 g/mol. The number of benzene rings is 1. The van der Waals surface area contributed by atoms with Crippen molar-refractivity contribution >= 4 is 27.7 Å². The van der Waals surface area contributed by atoms with Crippen LogP contribution >= 0.6 is 15.9 Å². The van der Waals surface area contributed by atoms with Crippen LogP contribution in [0, 0.1) is 0 Å². The van der Waals surface area contributed by atoms with E-state index in [4.69, 9.17) is 15.2 Å². The van der Waals surface area contributed by atoms with Crippen LogP contribution in [0.2, 0.25) is 0 Å². The molecule has 0 spiro atoms. The highest BCUT2D eigenvalue weighted by Gasteiger charge is 2.15. The number of hydrogen-bond acceptors (Lipinski definition) is 8. The Morgan fingerprint density at radius 3 is 2.77 bits per heavy atom. The monoisotopic (exact) mass is 427 g/mol. The molecule has 1 aromatic carbocycles. The summed E-state index contributed by atoms with van der Waals surface area (Å²) < 4.78 is 16.4. The zero-order chi connectivity index (χ0) is 18.9. The number of halogens is 1. The third-order valence-corrected chi connectivity index (χ3v) is 4.16. The molecule has 0 aliphatic carbocycles. The lowest BCUT2D eigenvalue weighted by Gasteiger charge is -2.14. The molecule has 0 aliphatic rings. The number of hydrogen-bond donors (Lipinski definition) is 3. The maximum Gasteiger partial charge on any atom is 0.277 e. The van der Waals surface area contributed by atoms with Gasteiger partial charge in [0.15, 0.2) is 11.5 Å². The number of rotatable bonds is 10. The quantitative estimate of drug-likeness (QED) is 0.489. The van der Waals surface area contributed by atoms with Gasteiger partial charge in [0.1, 0.15) is 0 Å². The van der Waals surface area contributed by atoms with Crippen LogP contribution in [0.3, 0.4) is 0 Å². The molecule has 0 bridgehead atoms. The number of anilines is 1. The lowest BCUT2D eigenvalue weighted by molar-refractivity contribution is 0.0944. The third-order valence-electron chi connectivity index (χ3n) is 3.43. The summed E-state index contributed by atoms with van der Waals surface area (Å²) in [6.45, 7) is 4.23. The zero-order valence-corrected chi connectivity index (χ0v) is 16.3. The van der Waals surface area contributed by atoms with E-state index in [1.165, 1.54) is 0 Å². The summed E-state index contributed by atoms with van der Waals surface area (Å²) in [5.41, 5.74) is 6.47. The molecule has 0 unspecified atom stereocenters. The van der Waals surface area contributed by atoms with Crippen LogP contribution in [-0.4, -0.2) is 43.0 Å². The minimum atomic E-state index is -0.425. The second kappa shape index (κ2) is 9.97. The molecule has 4 N–H and O–H groups in total. The van der Waals surface area contributed by atoms with E-state index in [-0.39, 0.29) is 11.5 Å². The van der Waals surface area contributed by atoms with Gasteiger partial charge < -0.3 is 25.8 Å². The first kappa shape index (κ1) is 20.0. The summed E-state index contributed by atoms with van der Waals surface area (Å²) in [7, 11) is 1.61. The Balaban J connectivity index is 1.82. The Morgan fingerprint density at radius 2 is 2.12 bits per heavy atom. The number of nitrogens with two attached hydrogens (primary N) is 1. The summed E-state index contributed by atoms with van der Waals surface area (Å²) in [6, 6.07) is 3.82. The van der Waals surface area contributed by atoms with E-state index in [1.54, 1.807) is 7.11 Å². The number of nitrogens with one attached hydrogen (secondary N) is 2. The largest absolute Gasteiger partial charge is 0.493 e. The fourth-order valence-electron chi connectivity index (χ4n) is 2.12. The molecule has 0 radical (unpaired) electrons. The van der Waals surface area contributed by atoms with Gasteiger partial charge in [0.2, 0.25) is 11.5 Å². The van der Waals surface area contributed by atoms with Gasteiger partial charge in [-0.05, 0) is 34.4 Å². The highest BCUT2D eigenvalue weighted by Crippen LogP contribution is 2.33. The van der Waals surface area contributed by atoms with Crippen molar-refractivity contribution in [3.63, 3.8) is 0 Å². The number of ether oxygens (including phenoxy) is 2. The van der Waals surface area contributed by atoms with Crippen LogP contribution in [0.25, 0.3) is 0 Å². The van der Waals surface area contributed by atoms with Gasteiger partial charge in [-0.25, -0.2) is 4.63 Å². The number of aromatic nitrogens is 2. The SMILES string of the molecule is CCCOc1cc(Br)c(CNCCNC(=O)c2nonc2N)cc1OC. The summed E-state index contributed by atoms with van der Waals surface area (Å²) in [5, 5.41) is 12.7. The van der Waals surface area contributed by atoms with Gasteiger partial charge in [0.25, 0.3) is 5.91 Å². The molecule has 0 saturated carbocycles. The minimum absolute atomic E-state index is 0.0138. The topological polar surface area (TPSA) is 125 Å². The Bertz CT molecular complexity index is 737. The standard InChI is InChI=1S/C16H22BrN5O4/c1-3-6-25-13-8-11(17)10(7-12(13)24-2)9-19-4-5-20-16(23)14-15(18)22-26-21-14/h7-8,19H,3-6,9H2,1-2H3,(H2,18,22)(H,20,23). The highest BCUT2D eigenvalue weighted by atomic mass is 79.9. The third kappa shape index (κ3) is 5.33. The number of methoxy groups -OCH3 is 1. The van der Waals surface area contributed by atoms with Crippen molar-refractivity contribution in [1.82, 2.24) is 20.9 Å². The van der Waals surface area contributed by atoms with Crippen molar-refractivity contribution < 1.29 is 18.9 Å². The van der Waals surface area contributed by atoms with Gasteiger partial charge in [-0.1, -0.05) is 22.9 Å². The van der Waals surface area contributed by atoms with E-state index >= 15 is 0 Å². The molecule has 1 amide bonds. The summed E-state index contributed by atoms with van der Waals surface area (Å²) in [5.74, 6) is 0.930. The summed E-state index contributed by atoms with van der Waals surface area (Å²) in [6.07, 6.45) is 0.922. The van der Waals surface area contributed by atoms with E-state index in [2.05, 4.69) is 41.5 Å². The van der Waals surface area contributed by atoms with Crippen LogP contribution in [0.15, 0.2) is 21.2 Å². The van der Waals surface area contributed by atoms with Crippen molar-refractivity contribution in [2.45, 2.75) is 19.9 Å². The molecule has 0 aliphatic heterocycles. The van der Waals surface area contributed by atoms with Gasteiger partial charge in [-0.3, -0.25) is 4.79 Å². The Hall–Kier alpha value is -2.33. The Morgan fingerprint density at radius 1 is 1.31 bits per heavy atom. The molecule has 10 heteroatoms.